The minimum Gasteiger partial charge on any atom is -0.480 e. The second kappa shape index (κ2) is 8.22. The zero-order chi connectivity index (χ0) is 19.7. The Hall–Kier alpha value is -1.91. The van der Waals surface area contributed by atoms with Crippen LogP contribution in [0.25, 0.3) is 11.1 Å². The van der Waals surface area contributed by atoms with Crippen LogP contribution in [0.15, 0.2) is 66.7 Å². The molecular weight excluding hydrogens is 485 g/mol. The van der Waals surface area contributed by atoms with E-state index in [4.69, 9.17) is 9.26 Å². The highest BCUT2D eigenvalue weighted by atomic mass is 127. The van der Waals surface area contributed by atoms with Gasteiger partial charge in [0.15, 0.2) is 0 Å². The molecule has 0 spiro atoms. The maximum Gasteiger partial charge on any atom is 0.150 e. The fourth-order valence-electron chi connectivity index (χ4n) is 3.51. The van der Waals surface area contributed by atoms with E-state index >= 15 is 0 Å². The molecule has 28 heavy (non-hydrogen) atoms. The first-order valence-corrected chi connectivity index (χ1v) is 13.0. The van der Waals surface area contributed by atoms with E-state index in [0.717, 1.165) is 39.3 Å². The highest BCUT2D eigenvalue weighted by Crippen LogP contribution is 2.47. The van der Waals surface area contributed by atoms with Crippen molar-refractivity contribution in [2.45, 2.75) is 20.0 Å². The number of allylic oxidation sites excluding steroid dienone is 1. The Balaban J connectivity index is 1.89. The summed E-state index contributed by atoms with van der Waals surface area (Å²) < 4.78 is 25.7. The van der Waals surface area contributed by atoms with E-state index in [1.54, 1.807) is 0 Å². The summed E-state index contributed by atoms with van der Waals surface area (Å²) >= 11 is 2.21. The molecule has 2 unspecified atom stereocenters. The maximum absolute atomic E-state index is 13.5. The van der Waals surface area contributed by atoms with Crippen LogP contribution in [0.1, 0.15) is 35.3 Å². The van der Waals surface area contributed by atoms with E-state index < -0.39 is 0 Å². The molecule has 0 saturated heterocycles. The van der Waals surface area contributed by atoms with Gasteiger partial charge < -0.3 is 9.26 Å². The number of aryl methyl sites for hydroxylation is 1. The number of rotatable bonds is 4. The summed E-state index contributed by atoms with van der Waals surface area (Å²) in [7, 11) is 0. The van der Waals surface area contributed by atoms with E-state index in [-0.39, 0.29) is 11.9 Å². The van der Waals surface area contributed by atoms with Crippen LogP contribution < -0.4 is 9.26 Å². The average Bonchev–Trinajstić information content (AvgIpc) is 2.70. The molecule has 3 aromatic rings. The van der Waals surface area contributed by atoms with Crippen LogP contribution in [-0.2, 0) is 0 Å². The molecule has 3 aromatic carbocycles. The van der Waals surface area contributed by atoms with Crippen LogP contribution in [0.2, 0.25) is 0 Å². The Morgan fingerprint density at radius 2 is 1.68 bits per heavy atom. The van der Waals surface area contributed by atoms with Crippen LogP contribution in [0.4, 0.5) is 4.39 Å². The molecule has 0 aromatic heterocycles. The quantitative estimate of drug-likeness (QED) is 0.270. The van der Waals surface area contributed by atoms with E-state index in [1.807, 2.05) is 30.3 Å². The van der Waals surface area contributed by atoms with E-state index in [0.29, 0.717) is 6.45 Å². The monoisotopic (exact) mass is 504 g/mol. The molecule has 0 saturated carbocycles. The number of hydrogen-bond donors (Lipinski definition) is 0. The third-order valence-corrected chi connectivity index (χ3v) is 5.93. The minimum atomic E-state index is -0.253. The summed E-state index contributed by atoms with van der Waals surface area (Å²) in [6.45, 7) is 4.51. The van der Waals surface area contributed by atoms with Gasteiger partial charge in [-0.05, 0) is 82.9 Å². The van der Waals surface area contributed by atoms with E-state index in [1.165, 1.54) is 17.7 Å². The molecule has 0 aliphatic carbocycles. The fourth-order valence-corrected chi connectivity index (χ4v) is 4.49. The Labute approximate surface area is 179 Å². The lowest BCUT2D eigenvalue weighted by atomic mass is 9.86. The minimum absolute atomic E-state index is 0.246. The maximum atomic E-state index is 13.5. The molecule has 0 bridgehead atoms. The van der Waals surface area contributed by atoms with Crippen LogP contribution in [0.3, 0.4) is 0 Å². The van der Waals surface area contributed by atoms with Crippen molar-refractivity contribution in [2.24, 2.45) is 0 Å². The van der Waals surface area contributed by atoms with Crippen molar-refractivity contribution in [3.05, 3.63) is 94.8 Å². The molecular formula is C23H19FIO2P. The first kappa shape index (κ1) is 19.4. The van der Waals surface area contributed by atoms with Crippen molar-refractivity contribution in [3.63, 3.8) is 0 Å². The molecule has 2 nitrogen and oxygen atoms in total. The van der Waals surface area contributed by atoms with Gasteiger partial charge in [0.25, 0.3) is 0 Å². The van der Waals surface area contributed by atoms with Crippen LogP contribution in [-0.4, -0.2) is 0 Å². The van der Waals surface area contributed by atoms with Crippen molar-refractivity contribution < 1.29 is 13.7 Å². The lowest BCUT2D eigenvalue weighted by Crippen LogP contribution is -2.16. The number of fused-ring (bicyclic) bond motifs is 1. The summed E-state index contributed by atoms with van der Waals surface area (Å²) in [6.07, 6.45) is -0.253. The lowest BCUT2D eigenvalue weighted by molar-refractivity contribution is 0.260. The molecule has 1 heterocycles. The molecule has 1 aliphatic rings. The molecule has 4 rings (SSSR count). The van der Waals surface area contributed by atoms with Crippen LogP contribution >= 0.6 is 28.5 Å². The molecule has 1 aliphatic heterocycles. The molecule has 2 atom stereocenters. The Kier molecular flexibility index (Phi) is 5.70. The normalized spacial score (nSPS) is 16.2. The van der Waals surface area contributed by atoms with Crippen molar-refractivity contribution in [1.29, 1.82) is 0 Å². The highest BCUT2D eigenvalue weighted by Gasteiger charge is 2.29. The second-order valence-corrected chi connectivity index (χ2v) is 8.47. The molecule has 0 N–H and O–H groups in total. The molecule has 0 radical (unpaired) electrons. The first-order chi connectivity index (χ1) is 13.6. The van der Waals surface area contributed by atoms with Gasteiger partial charge in [0.05, 0.1) is 0 Å². The fraction of sp³-hybridized carbons (Fsp3) is 0.130. The Morgan fingerprint density at radius 3 is 2.36 bits per heavy atom. The van der Waals surface area contributed by atoms with Gasteiger partial charge in [-0.25, -0.2) is 4.39 Å². The number of ether oxygens (including phenoxy) is 1. The van der Waals surface area contributed by atoms with E-state index in [9.17, 15) is 4.39 Å². The second-order valence-electron chi connectivity index (χ2n) is 6.79. The highest BCUT2D eigenvalue weighted by molar-refractivity contribution is 14.2. The summed E-state index contributed by atoms with van der Waals surface area (Å²) in [5, 5.41) is 0. The topological polar surface area (TPSA) is 18.5 Å². The van der Waals surface area contributed by atoms with Gasteiger partial charge >= 0.3 is 0 Å². The SMILES string of the molecule is CC1=C(c2ccc(F)cc2)C(c2ccc(C)cc2)Oc2ccc(OPI)cc21. The lowest BCUT2D eigenvalue weighted by Gasteiger charge is -2.31. The van der Waals surface area contributed by atoms with Gasteiger partial charge in [-0.1, -0.05) is 42.0 Å². The summed E-state index contributed by atoms with van der Waals surface area (Å²) in [6, 6.07) is 20.9. The summed E-state index contributed by atoms with van der Waals surface area (Å²) in [5.74, 6) is 1.41. The van der Waals surface area contributed by atoms with Gasteiger partial charge in [0.1, 0.15) is 29.9 Å². The largest absolute Gasteiger partial charge is 0.480 e. The van der Waals surface area contributed by atoms with Crippen LogP contribution in [0, 0.1) is 12.7 Å². The average molecular weight is 504 g/mol. The predicted octanol–water partition coefficient (Wildman–Crippen LogP) is 7.52. The standard InChI is InChI=1S/C23H19FIO2P/c1-14-3-5-17(6-4-14)23-22(16-7-9-18(24)10-8-16)15(2)20-13-19(27-28-25)11-12-21(20)26-23/h3-13,23,28H,1-2H3. The number of benzene rings is 3. The summed E-state index contributed by atoms with van der Waals surface area (Å²) in [4.78, 5) is 0. The number of hydrogen-bond acceptors (Lipinski definition) is 2. The van der Waals surface area contributed by atoms with Gasteiger partial charge in [-0.3, -0.25) is 0 Å². The van der Waals surface area contributed by atoms with Crippen molar-refractivity contribution in [3.8, 4) is 11.5 Å². The smallest absolute Gasteiger partial charge is 0.150 e. The molecule has 5 heteroatoms. The van der Waals surface area contributed by atoms with Crippen molar-refractivity contribution in [1.82, 2.24) is 0 Å². The first-order valence-electron chi connectivity index (χ1n) is 8.93. The van der Waals surface area contributed by atoms with Crippen molar-refractivity contribution in [2.75, 3.05) is 0 Å². The zero-order valence-electron chi connectivity index (χ0n) is 15.5. The van der Waals surface area contributed by atoms with Gasteiger partial charge in [-0.15, -0.1) is 0 Å². The predicted molar refractivity (Wildman–Crippen MR) is 123 cm³/mol. The zero-order valence-corrected chi connectivity index (χ0v) is 18.7. The number of halogens is 2. The third-order valence-electron chi connectivity index (χ3n) is 4.96. The van der Waals surface area contributed by atoms with Crippen LogP contribution in [0.5, 0.6) is 11.5 Å². The van der Waals surface area contributed by atoms with Gasteiger partial charge in [0.2, 0.25) is 0 Å². The Bertz CT molecular complexity index is 1030. The molecule has 0 amide bonds. The molecule has 142 valence electrons. The van der Waals surface area contributed by atoms with Gasteiger partial charge in [-0.2, -0.15) is 0 Å². The van der Waals surface area contributed by atoms with Gasteiger partial charge in [0, 0.05) is 11.1 Å². The van der Waals surface area contributed by atoms with Crippen molar-refractivity contribution >= 4 is 39.6 Å². The van der Waals surface area contributed by atoms with E-state index in [2.05, 4.69) is 60.2 Å². The third kappa shape index (κ3) is 3.81. The summed E-state index contributed by atoms with van der Waals surface area (Å²) in [5.41, 5.74) is 6.40. The molecule has 0 fully saturated rings. The Morgan fingerprint density at radius 1 is 0.964 bits per heavy atom.